The Morgan fingerprint density at radius 1 is 1.00 bits per heavy atom. The third-order valence-electron chi connectivity index (χ3n) is 8.51. The van der Waals surface area contributed by atoms with E-state index in [1.165, 1.54) is 24.2 Å². The predicted octanol–water partition coefficient (Wildman–Crippen LogP) is 1.62. The molecule has 3 saturated heterocycles. The van der Waals surface area contributed by atoms with Crippen molar-refractivity contribution in [1.29, 1.82) is 0 Å². The summed E-state index contributed by atoms with van der Waals surface area (Å²) in [5, 5.41) is 3.33. The highest BCUT2D eigenvalue weighted by molar-refractivity contribution is 6.09. The molecule has 146 valence electrons. The molecule has 7 rings (SSSR count). The maximum absolute atomic E-state index is 13.1. The van der Waals surface area contributed by atoms with Gasteiger partial charge < -0.3 is 10.1 Å². The molecule has 6 nitrogen and oxygen atoms in total. The third kappa shape index (κ3) is 2.19. The lowest BCUT2D eigenvalue weighted by Gasteiger charge is -2.57. The zero-order valence-electron chi connectivity index (χ0n) is 15.9. The molecule has 3 aliphatic heterocycles. The van der Waals surface area contributed by atoms with Gasteiger partial charge in [0.2, 0.25) is 17.7 Å². The Hall–Kier alpha value is -1.43. The minimum atomic E-state index is -0.719. The number of likely N-dealkylation sites (tertiary alicyclic amines) is 1. The van der Waals surface area contributed by atoms with Crippen LogP contribution in [0.15, 0.2) is 0 Å². The van der Waals surface area contributed by atoms with Gasteiger partial charge in [0.25, 0.3) is 0 Å². The van der Waals surface area contributed by atoms with Crippen molar-refractivity contribution < 1.29 is 19.1 Å². The monoisotopic (exact) mass is 372 g/mol. The largest absolute Gasteiger partial charge is 0.373 e. The number of hydrogen-bond donors (Lipinski definition) is 1. The second kappa shape index (κ2) is 5.34. The lowest BCUT2D eigenvalue weighted by Crippen LogP contribution is -2.62. The van der Waals surface area contributed by atoms with Gasteiger partial charge in [-0.05, 0) is 76.0 Å². The van der Waals surface area contributed by atoms with Crippen LogP contribution in [0.1, 0.15) is 58.3 Å². The maximum atomic E-state index is 13.1. The molecule has 0 aromatic carbocycles. The lowest BCUT2D eigenvalue weighted by atomic mass is 9.53. The quantitative estimate of drug-likeness (QED) is 0.764. The van der Waals surface area contributed by atoms with Crippen molar-refractivity contribution in [1.82, 2.24) is 10.2 Å². The van der Waals surface area contributed by atoms with Crippen LogP contribution in [0.25, 0.3) is 0 Å². The van der Waals surface area contributed by atoms with Gasteiger partial charge >= 0.3 is 0 Å². The summed E-state index contributed by atoms with van der Waals surface area (Å²) in [6.07, 6.45) is 8.63. The molecule has 6 bridgehead atoms. The van der Waals surface area contributed by atoms with E-state index >= 15 is 0 Å². The summed E-state index contributed by atoms with van der Waals surface area (Å²) in [5.41, 5.74) is -0.0933. The Kier molecular flexibility index (Phi) is 3.27. The van der Waals surface area contributed by atoms with Crippen molar-refractivity contribution in [3.05, 3.63) is 0 Å². The number of hydrogen-bond acceptors (Lipinski definition) is 4. The molecular formula is C21H28N2O4. The number of rotatable bonds is 3. The summed E-state index contributed by atoms with van der Waals surface area (Å²) in [5.74, 6) is 0.997. The molecule has 5 unspecified atom stereocenters. The van der Waals surface area contributed by atoms with Crippen LogP contribution in [-0.2, 0) is 19.1 Å². The van der Waals surface area contributed by atoms with Gasteiger partial charge in [-0.1, -0.05) is 0 Å². The highest BCUT2D eigenvalue weighted by atomic mass is 16.5. The first-order valence-electron chi connectivity index (χ1n) is 10.8. The van der Waals surface area contributed by atoms with Gasteiger partial charge in [-0.2, -0.15) is 0 Å². The molecule has 7 aliphatic rings. The maximum Gasteiger partial charge on any atom is 0.243 e. The predicted molar refractivity (Wildman–Crippen MR) is 95.2 cm³/mol. The van der Waals surface area contributed by atoms with E-state index in [1.807, 2.05) is 0 Å². The fraction of sp³-hybridized carbons (Fsp3) is 0.857. The molecule has 3 heterocycles. The number of nitrogens with one attached hydrogen (secondary N) is 1. The van der Waals surface area contributed by atoms with Gasteiger partial charge in [-0.3, -0.25) is 19.3 Å². The van der Waals surface area contributed by atoms with Gasteiger partial charge in [-0.25, -0.2) is 0 Å². The first-order valence-corrected chi connectivity index (χ1v) is 10.8. The molecule has 0 radical (unpaired) electrons. The van der Waals surface area contributed by atoms with Crippen LogP contribution < -0.4 is 5.32 Å². The van der Waals surface area contributed by atoms with Crippen LogP contribution in [0.5, 0.6) is 0 Å². The first-order chi connectivity index (χ1) is 12.9. The molecule has 1 N–H and O–H groups in total. The molecule has 3 amide bonds. The van der Waals surface area contributed by atoms with E-state index in [2.05, 4.69) is 5.32 Å². The highest BCUT2D eigenvalue weighted by Gasteiger charge is 2.63. The zero-order chi connectivity index (χ0) is 18.5. The minimum absolute atomic E-state index is 0.0933. The molecule has 27 heavy (non-hydrogen) atoms. The van der Waals surface area contributed by atoms with Crippen LogP contribution >= 0.6 is 0 Å². The van der Waals surface area contributed by atoms with Crippen LogP contribution in [0.4, 0.5) is 0 Å². The second-order valence-corrected chi connectivity index (χ2v) is 10.3. The van der Waals surface area contributed by atoms with Crippen molar-refractivity contribution >= 4 is 17.7 Å². The summed E-state index contributed by atoms with van der Waals surface area (Å²) >= 11 is 0. The molecular weight excluding hydrogens is 344 g/mol. The topological polar surface area (TPSA) is 75.7 Å². The van der Waals surface area contributed by atoms with Gasteiger partial charge in [-0.15, -0.1) is 0 Å². The number of ether oxygens (including phenoxy) is 1. The number of amides is 3. The second-order valence-electron chi connectivity index (χ2n) is 10.3. The van der Waals surface area contributed by atoms with Crippen LogP contribution in [0.3, 0.4) is 0 Å². The Morgan fingerprint density at radius 3 is 1.96 bits per heavy atom. The number of imide groups is 1. The van der Waals surface area contributed by atoms with E-state index in [9.17, 15) is 14.4 Å². The number of nitrogens with zero attached hydrogens (tertiary/aromatic N) is 1. The molecule has 0 aromatic rings. The Bertz CT molecular complexity index is 670. The Morgan fingerprint density at radius 2 is 1.48 bits per heavy atom. The van der Waals surface area contributed by atoms with Crippen molar-refractivity contribution in [2.75, 3.05) is 0 Å². The summed E-state index contributed by atoms with van der Waals surface area (Å²) < 4.78 is 5.79. The molecule has 0 spiro atoms. The standard InChI is InChI=1S/C21H28N2O4/c1-10(23-19(25)16-14-2-3-15(27-14)17(16)20(23)26)18(24)22-21-7-11-4-12(8-21)6-13(5-11)9-21/h10-17H,2-9H2,1H3,(H,22,24). The zero-order valence-corrected chi connectivity index (χ0v) is 15.9. The molecule has 5 atom stereocenters. The first kappa shape index (κ1) is 16.5. The summed E-state index contributed by atoms with van der Waals surface area (Å²) in [4.78, 5) is 40.3. The molecule has 6 heteroatoms. The average molecular weight is 372 g/mol. The fourth-order valence-electron chi connectivity index (χ4n) is 7.86. The van der Waals surface area contributed by atoms with Crippen molar-refractivity contribution in [3.8, 4) is 0 Å². The third-order valence-corrected chi connectivity index (χ3v) is 8.51. The number of carbonyl (C=O) groups excluding carboxylic acids is 3. The molecule has 4 saturated carbocycles. The van der Waals surface area contributed by atoms with Gasteiger partial charge in [0.05, 0.1) is 24.0 Å². The van der Waals surface area contributed by atoms with Crippen molar-refractivity contribution in [3.63, 3.8) is 0 Å². The van der Waals surface area contributed by atoms with Crippen molar-refractivity contribution in [2.45, 2.75) is 82.1 Å². The Balaban J connectivity index is 1.20. The Labute approximate surface area is 159 Å². The molecule has 0 aromatic heterocycles. The van der Waals surface area contributed by atoms with Gasteiger partial charge in [0, 0.05) is 5.54 Å². The minimum Gasteiger partial charge on any atom is -0.373 e. The number of fused-ring (bicyclic) bond motifs is 5. The van der Waals surface area contributed by atoms with Crippen LogP contribution in [0, 0.1) is 29.6 Å². The normalized spacial score (nSPS) is 50.4. The van der Waals surface area contributed by atoms with Gasteiger partial charge in [0.15, 0.2) is 0 Å². The lowest BCUT2D eigenvalue weighted by molar-refractivity contribution is -0.151. The summed E-state index contributed by atoms with van der Waals surface area (Å²) in [7, 11) is 0. The smallest absolute Gasteiger partial charge is 0.243 e. The average Bonchev–Trinajstić information content (AvgIpc) is 3.26. The summed E-state index contributed by atoms with van der Waals surface area (Å²) in [6.45, 7) is 1.72. The van der Waals surface area contributed by atoms with Crippen LogP contribution in [0.2, 0.25) is 0 Å². The highest BCUT2D eigenvalue weighted by Crippen LogP contribution is 2.55. The van der Waals surface area contributed by atoms with E-state index in [-0.39, 0.29) is 47.3 Å². The van der Waals surface area contributed by atoms with Crippen LogP contribution in [-0.4, -0.2) is 46.4 Å². The van der Waals surface area contributed by atoms with E-state index in [0.717, 1.165) is 49.9 Å². The summed E-state index contributed by atoms with van der Waals surface area (Å²) in [6, 6.07) is -0.719. The number of carbonyl (C=O) groups is 3. The van der Waals surface area contributed by atoms with Crippen molar-refractivity contribution in [2.24, 2.45) is 29.6 Å². The fourth-order valence-corrected chi connectivity index (χ4v) is 7.86. The SMILES string of the molecule is CC(C(=O)NC12CC3CC(CC(C3)C1)C2)N1C(=O)C2C3CCC(O3)C2C1=O. The van der Waals surface area contributed by atoms with E-state index < -0.39 is 6.04 Å². The molecule has 7 fully saturated rings. The van der Waals surface area contributed by atoms with Gasteiger partial charge in [0.1, 0.15) is 6.04 Å². The van der Waals surface area contributed by atoms with E-state index in [4.69, 9.17) is 4.74 Å². The van der Waals surface area contributed by atoms with E-state index in [1.54, 1.807) is 6.92 Å². The van der Waals surface area contributed by atoms with E-state index in [0.29, 0.717) is 0 Å². The molecule has 4 aliphatic carbocycles.